The summed E-state index contributed by atoms with van der Waals surface area (Å²) in [7, 11) is 0. The standard InChI is InChI=1S/2C5H10.2CH3.Ti/c2*1-2-4-5-3-1;;;/h2*1-5H2;2*1H3;/q;;2*-1;+2. The summed E-state index contributed by atoms with van der Waals surface area (Å²) in [4.78, 5) is 0. The average Bonchev–Trinajstić information content (AvgIpc) is 2.67. The van der Waals surface area contributed by atoms with Gasteiger partial charge in [0.05, 0.1) is 0 Å². The Balaban J connectivity index is -0.000000125. The van der Waals surface area contributed by atoms with Gasteiger partial charge in [-0.2, -0.15) is 0 Å². The van der Waals surface area contributed by atoms with Gasteiger partial charge in [-0.3, -0.25) is 0 Å². The van der Waals surface area contributed by atoms with Crippen molar-refractivity contribution in [2.24, 2.45) is 0 Å². The summed E-state index contributed by atoms with van der Waals surface area (Å²) in [6.07, 6.45) is 15.0. The van der Waals surface area contributed by atoms with Crippen LogP contribution in [0.15, 0.2) is 0 Å². The van der Waals surface area contributed by atoms with Crippen molar-refractivity contribution in [2.45, 2.75) is 64.2 Å². The molecule has 0 aromatic heterocycles. The van der Waals surface area contributed by atoms with Crippen molar-refractivity contribution >= 4 is 0 Å². The van der Waals surface area contributed by atoms with Crippen LogP contribution >= 0.6 is 0 Å². The van der Waals surface area contributed by atoms with E-state index in [9.17, 15) is 0 Å². The van der Waals surface area contributed by atoms with E-state index in [0.29, 0.717) is 0 Å². The quantitative estimate of drug-likeness (QED) is 0.404. The van der Waals surface area contributed by atoms with Gasteiger partial charge < -0.3 is 14.9 Å². The predicted octanol–water partition coefficient (Wildman–Crippen LogP) is 4.80. The van der Waals surface area contributed by atoms with E-state index in [4.69, 9.17) is 0 Å². The smallest absolute Gasteiger partial charge is 0.358 e. The van der Waals surface area contributed by atoms with Crippen molar-refractivity contribution in [1.29, 1.82) is 0 Å². The summed E-state index contributed by atoms with van der Waals surface area (Å²) in [5.41, 5.74) is 0. The molecule has 2 fully saturated rings. The molecule has 0 bridgehead atoms. The molecule has 0 aromatic carbocycles. The Kier molecular flexibility index (Phi) is 22.6. The number of hydrogen-bond acceptors (Lipinski definition) is 0. The molecule has 2 rings (SSSR count). The van der Waals surface area contributed by atoms with Crippen LogP contribution in [-0.4, -0.2) is 0 Å². The molecule has 78 valence electrons. The van der Waals surface area contributed by atoms with Crippen LogP contribution in [0.1, 0.15) is 64.2 Å². The zero-order valence-corrected chi connectivity index (χ0v) is 11.1. The fraction of sp³-hybridized carbons (Fsp3) is 0.833. The molecule has 13 heavy (non-hydrogen) atoms. The normalized spacial score (nSPS) is 18.5. The van der Waals surface area contributed by atoms with Crippen LogP contribution in [0, 0.1) is 14.9 Å². The second-order valence-corrected chi connectivity index (χ2v) is 3.54. The van der Waals surface area contributed by atoms with Crippen LogP contribution in [0.5, 0.6) is 0 Å². The second-order valence-electron chi connectivity index (χ2n) is 3.54. The third kappa shape index (κ3) is 12.7. The molecule has 0 unspecified atom stereocenters. The van der Waals surface area contributed by atoms with Gasteiger partial charge in [-0.25, -0.2) is 0 Å². The summed E-state index contributed by atoms with van der Waals surface area (Å²) < 4.78 is 0. The largest absolute Gasteiger partial charge is 2.00 e. The summed E-state index contributed by atoms with van der Waals surface area (Å²) in [5, 5.41) is 0. The predicted molar refractivity (Wildman–Crippen MR) is 59.0 cm³/mol. The zero-order chi connectivity index (χ0) is 7.07. The van der Waals surface area contributed by atoms with Crippen LogP contribution in [0.4, 0.5) is 0 Å². The van der Waals surface area contributed by atoms with Crippen molar-refractivity contribution < 1.29 is 21.7 Å². The Morgan fingerprint density at radius 3 is 0.462 bits per heavy atom. The van der Waals surface area contributed by atoms with Gasteiger partial charge in [-0.05, 0) is 0 Å². The summed E-state index contributed by atoms with van der Waals surface area (Å²) in [6, 6.07) is 0. The molecule has 2 aliphatic carbocycles. The van der Waals surface area contributed by atoms with Gasteiger partial charge in [0.2, 0.25) is 0 Å². The maximum Gasteiger partial charge on any atom is 2.00 e. The van der Waals surface area contributed by atoms with E-state index < -0.39 is 0 Å². The SMILES string of the molecule is C1CCCC1.C1CCCC1.[CH3-].[CH3-].[Ti+2]. The second kappa shape index (κ2) is 15.2. The monoisotopic (exact) mass is 218 g/mol. The molecule has 2 saturated carbocycles. The summed E-state index contributed by atoms with van der Waals surface area (Å²) >= 11 is 0. The molecule has 1 heteroatoms. The fourth-order valence-electron chi connectivity index (χ4n) is 1.77. The van der Waals surface area contributed by atoms with Crippen molar-refractivity contribution in [3.8, 4) is 0 Å². The minimum atomic E-state index is 0. The minimum absolute atomic E-state index is 0. The minimum Gasteiger partial charge on any atom is -0.358 e. The fourth-order valence-corrected chi connectivity index (χ4v) is 1.77. The Hall–Kier alpha value is 0.714. The molecule has 0 aromatic rings. The Morgan fingerprint density at radius 1 is 0.308 bits per heavy atom. The molecule has 0 saturated heterocycles. The van der Waals surface area contributed by atoms with E-state index in [2.05, 4.69) is 0 Å². The van der Waals surface area contributed by atoms with E-state index in [1.165, 1.54) is 64.2 Å². The van der Waals surface area contributed by atoms with E-state index >= 15 is 0 Å². The van der Waals surface area contributed by atoms with Crippen LogP contribution in [0.3, 0.4) is 0 Å². The third-order valence-electron chi connectivity index (χ3n) is 2.50. The molecule has 0 amide bonds. The van der Waals surface area contributed by atoms with E-state index in [1.807, 2.05) is 0 Å². The molecule has 0 atom stereocenters. The maximum absolute atomic E-state index is 1.50. The van der Waals surface area contributed by atoms with E-state index in [0.717, 1.165) is 0 Å². The number of rotatable bonds is 0. The Labute approximate surface area is 101 Å². The number of hydrogen-bond donors (Lipinski definition) is 0. The van der Waals surface area contributed by atoms with Gasteiger partial charge in [0, 0.05) is 0 Å². The molecule has 2 aliphatic rings. The van der Waals surface area contributed by atoms with E-state index in [-0.39, 0.29) is 36.6 Å². The van der Waals surface area contributed by atoms with Gasteiger partial charge in [0.25, 0.3) is 0 Å². The third-order valence-corrected chi connectivity index (χ3v) is 2.50. The Bertz CT molecular complexity index is 38.3. The first-order valence-electron chi connectivity index (χ1n) is 5.00. The first-order valence-corrected chi connectivity index (χ1v) is 5.00. The molecule has 0 spiro atoms. The average molecular weight is 218 g/mol. The molecule has 0 radical (unpaired) electrons. The topological polar surface area (TPSA) is 0 Å². The van der Waals surface area contributed by atoms with Crippen LogP contribution in [0.25, 0.3) is 0 Å². The first-order chi connectivity index (χ1) is 5.00. The summed E-state index contributed by atoms with van der Waals surface area (Å²) in [6.45, 7) is 0. The zero-order valence-electron chi connectivity index (χ0n) is 9.57. The van der Waals surface area contributed by atoms with Gasteiger partial charge in [0.1, 0.15) is 0 Å². The Morgan fingerprint density at radius 2 is 0.385 bits per heavy atom. The van der Waals surface area contributed by atoms with Crippen molar-refractivity contribution in [1.82, 2.24) is 0 Å². The van der Waals surface area contributed by atoms with Crippen LogP contribution in [-0.2, 0) is 21.7 Å². The molecular weight excluding hydrogens is 192 g/mol. The first kappa shape index (κ1) is 19.3. The summed E-state index contributed by atoms with van der Waals surface area (Å²) in [5.74, 6) is 0. The van der Waals surface area contributed by atoms with Gasteiger partial charge in [0.15, 0.2) is 0 Å². The van der Waals surface area contributed by atoms with Gasteiger partial charge in [-0.1, -0.05) is 64.2 Å². The van der Waals surface area contributed by atoms with Crippen LogP contribution < -0.4 is 0 Å². The molecule has 0 nitrogen and oxygen atoms in total. The maximum atomic E-state index is 1.50. The van der Waals surface area contributed by atoms with Gasteiger partial charge in [-0.15, -0.1) is 0 Å². The van der Waals surface area contributed by atoms with Crippen molar-refractivity contribution in [2.75, 3.05) is 0 Å². The van der Waals surface area contributed by atoms with Crippen LogP contribution in [0.2, 0.25) is 0 Å². The molecule has 0 aliphatic heterocycles. The molecule has 0 N–H and O–H groups in total. The van der Waals surface area contributed by atoms with Gasteiger partial charge >= 0.3 is 21.7 Å². The van der Waals surface area contributed by atoms with Crippen molar-refractivity contribution in [3.63, 3.8) is 0 Å². The molecule has 0 heterocycles. The van der Waals surface area contributed by atoms with Crippen molar-refractivity contribution in [3.05, 3.63) is 14.9 Å². The molecular formula is C12H26Ti. The van der Waals surface area contributed by atoms with E-state index in [1.54, 1.807) is 0 Å².